The third-order valence-electron chi connectivity index (χ3n) is 3.93. The highest BCUT2D eigenvalue weighted by Crippen LogP contribution is 2.29. The molecule has 0 aromatic heterocycles. The maximum absolute atomic E-state index is 13.1. The van der Waals surface area contributed by atoms with Crippen molar-refractivity contribution in [2.75, 3.05) is 13.6 Å². The molecule has 0 aliphatic heterocycles. The summed E-state index contributed by atoms with van der Waals surface area (Å²) in [5, 5.41) is 0.725. The molecule has 0 heterocycles. The van der Waals surface area contributed by atoms with Crippen LogP contribution in [0.4, 0.5) is 4.39 Å². The minimum atomic E-state index is -0.233. The second kappa shape index (κ2) is 7.03. The topological polar surface area (TPSA) is 29.3 Å². The lowest BCUT2D eigenvalue weighted by Crippen LogP contribution is -2.32. The molecule has 4 heteroatoms. The fourth-order valence-electron chi connectivity index (χ4n) is 2.47. The molecule has 0 spiro atoms. The van der Waals surface area contributed by atoms with E-state index in [2.05, 4.69) is 11.8 Å². The van der Waals surface area contributed by atoms with Crippen LogP contribution < -0.4 is 5.73 Å². The quantitative estimate of drug-likeness (QED) is 0.898. The zero-order valence-corrected chi connectivity index (χ0v) is 13.0. The molecule has 21 heavy (non-hydrogen) atoms. The molecule has 2 rings (SSSR count). The normalized spacial score (nSPS) is 14.2. The van der Waals surface area contributed by atoms with Crippen LogP contribution in [0.5, 0.6) is 0 Å². The molecular weight excluding hydrogens is 287 g/mol. The Bertz CT molecular complexity index is 568. The van der Waals surface area contributed by atoms with Crippen molar-refractivity contribution in [1.82, 2.24) is 4.90 Å². The van der Waals surface area contributed by atoms with Gasteiger partial charge in [-0.15, -0.1) is 0 Å². The largest absolute Gasteiger partial charge is 0.329 e. The van der Waals surface area contributed by atoms with Crippen molar-refractivity contribution < 1.29 is 4.39 Å². The molecule has 2 aromatic carbocycles. The third kappa shape index (κ3) is 3.82. The Labute approximate surface area is 130 Å². The third-order valence-corrected chi connectivity index (χ3v) is 4.18. The molecule has 0 aliphatic rings. The Balaban J connectivity index is 2.21. The lowest BCUT2D eigenvalue weighted by atomic mass is 10.0. The molecule has 0 saturated carbocycles. The lowest BCUT2D eigenvalue weighted by molar-refractivity contribution is 0.190. The Morgan fingerprint density at radius 1 is 1.05 bits per heavy atom. The fourth-order valence-corrected chi connectivity index (χ4v) is 2.59. The molecular formula is C17H20ClFN2. The summed E-state index contributed by atoms with van der Waals surface area (Å²) in [4.78, 5) is 2.19. The Morgan fingerprint density at radius 2 is 1.57 bits per heavy atom. The molecule has 0 bridgehead atoms. The predicted molar refractivity (Wildman–Crippen MR) is 85.8 cm³/mol. The molecule has 0 radical (unpaired) electrons. The van der Waals surface area contributed by atoms with Crippen LogP contribution in [0.1, 0.15) is 30.1 Å². The molecule has 2 aromatic rings. The van der Waals surface area contributed by atoms with E-state index in [0.717, 1.165) is 10.6 Å². The highest BCUT2D eigenvalue weighted by molar-refractivity contribution is 6.30. The van der Waals surface area contributed by atoms with Gasteiger partial charge in [0, 0.05) is 23.7 Å². The summed E-state index contributed by atoms with van der Waals surface area (Å²) in [7, 11) is 2.03. The van der Waals surface area contributed by atoms with Gasteiger partial charge in [0.2, 0.25) is 0 Å². The van der Waals surface area contributed by atoms with Crippen molar-refractivity contribution in [2.45, 2.75) is 19.0 Å². The summed E-state index contributed by atoms with van der Waals surface area (Å²) in [6.07, 6.45) is 0. The smallest absolute Gasteiger partial charge is 0.123 e. The number of benzene rings is 2. The second-order valence-corrected chi connectivity index (χ2v) is 5.63. The van der Waals surface area contributed by atoms with Crippen molar-refractivity contribution in [1.29, 1.82) is 0 Å². The van der Waals surface area contributed by atoms with Crippen LogP contribution in [0, 0.1) is 5.82 Å². The number of likely N-dealkylation sites (N-methyl/N-ethyl adjacent to an activating group) is 1. The van der Waals surface area contributed by atoms with Crippen LogP contribution >= 0.6 is 11.6 Å². The summed E-state index contributed by atoms with van der Waals surface area (Å²) >= 11 is 5.93. The van der Waals surface area contributed by atoms with E-state index in [0.29, 0.717) is 6.54 Å². The molecule has 2 unspecified atom stereocenters. The van der Waals surface area contributed by atoms with E-state index < -0.39 is 0 Å². The van der Waals surface area contributed by atoms with Gasteiger partial charge in [-0.2, -0.15) is 0 Å². The van der Waals surface area contributed by atoms with Crippen LogP contribution in [0.25, 0.3) is 0 Å². The predicted octanol–water partition coefficient (Wildman–Crippen LogP) is 4.17. The van der Waals surface area contributed by atoms with Crippen molar-refractivity contribution in [2.24, 2.45) is 5.73 Å². The highest BCUT2D eigenvalue weighted by atomic mass is 35.5. The van der Waals surface area contributed by atoms with Crippen LogP contribution in [0.2, 0.25) is 5.02 Å². The van der Waals surface area contributed by atoms with Gasteiger partial charge in [-0.3, -0.25) is 4.90 Å². The maximum atomic E-state index is 13.1. The summed E-state index contributed by atoms with van der Waals surface area (Å²) in [5.41, 5.74) is 8.11. The van der Waals surface area contributed by atoms with E-state index in [1.165, 1.54) is 17.7 Å². The first kappa shape index (κ1) is 16.0. The molecule has 0 aliphatic carbocycles. The van der Waals surface area contributed by atoms with E-state index >= 15 is 0 Å². The Kier molecular flexibility index (Phi) is 5.34. The van der Waals surface area contributed by atoms with Crippen molar-refractivity contribution in [3.63, 3.8) is 0 Å². The van der Waals surface area contributed by atoms with Gasteiger partial charge in [0.1, 0.15) is 5.82 Å². The maximum Gasteiger partial charge on any atom is 0.123 e. The number of hydrogen-bond acceptors (Lipinski definition) is 2. The van der Waals surface area contributed by atoms with Crippen LogP contribution in [-0.2, 0) is 0 Å². The van der Waals surface area contributed by atoms with Crippen LogP contribution in [-0.4, -0.2) is 18.5 Å². The molecule has 2 nitrogen and oxygen atoms in total. The van der Waals surface area contributed by atoms with Crippen molar-refractivity contribution >= 4 is 11.6 Å². The minimum absolute atomic E-state index is 0.0382. The van der Waals surface area contributed by atoms with Gasteiger partial charge in [-0.1, -0.05) is 35.9 Å². The summed E-state index contributed by atoms with van der Waals surface area (Å²) < 4.78 is 13.1. The Hall–Kier alpha value is -1.42. The number of halogens is 2. The first-order valence-corrected chi connectivity index (χ1v) is 7.33. The van der Waals surface area contributed by atoms with E-state index in [4.69, 9.17) is 17.3 Å². The van der Waals surface area contributed by atoms with E-state index in [1.54, 1.807) is 12.1 Å². The number of hydrogen-bond donors (Lipinski definition) is 1. The summed E-state index contributed by atoms with van der Waals surface area (Å²) in [5.74, 6) is -0.233. The van der Waals surface area contributed by atoms with Gasteiger partial charge in [0.15, 0.2) is 0 Å². The van der Waals surface area contributed by atoms with Crippen molar-refractivity contribution in [3.8, 4) is 0 Å². The summed E-state index contributed by atoms with van der Waals surface area (Å²) in [6, 6.07) is 14.5. The zero-order valence-electron chi connectivity index (χ0n) is 12.3. The number of nitrogens with zero attached hydrogens (tertiary/aromatic N) is 1. The molecule has 0 saturated heterocycles. The molecule has 2 N–H and O–H groups in total. The standard InChI is InChI=1S/C17H20ClFN2/c1-12(13-3-7-15(18)8-4-13)21(2)17(11-20)14-5-9-16(19)10-6-14/h3-10,12,17H,11,20H2,1-2H3. The van der Waals surface area contributed by atoms with Crippen LogP contribution in [0.3, 0.4) is 0 Å². The number of rotatable bonds is 5. The first-order valence-electron chi connectivity index (χ1n) is 6.96. The molecule has 0 amide bonds. The fraction of sp³-hybridized carbons (Fsp3) is 0.294. The SMILES string of the molecule is CC(c1ccc(Cl)cc1)N(C)C(CN)c1ccc(F)cc1. The monoisotopic (exact) mass is 306 g/mol. The molecule has 0 fully saturated rings. The van der Waals surface area contributed by atoms with E-state index in [1.807, 2.05) is 31.3 Å². The van der Waals surface area contributed by atoms with E-state index in [9.17, 15) is 4.39 Å². The highest BCUT2D eigenvalue weighted by Gasteiger charge is 2.21. The van der Waals surface area contributed by atoms with Gasteiger partial charge in [0.25, 0.3) is 0 Å². The van der Waals surface area contributed by atoms with Gasteiger partial charge in [-0.05, 0) is 49.4 Å². The van der Waals surface area contributed by atoms with Gasteiger partial charge >= 0.3 is 0 Å². The lowest BCUT2D eigenvalue weighted by Gasteiger charge is -2.33. The molecule has 112 valence electrons. The van der Waals surface area contributed by atoms with Gasteiger partial charge in [-0.25, -0.2) is 4.39 Å². The van der Waals surface area contributed by atoms with Gasteiger partial charge < -0.3 is 5.73 Å². The van der Waals surface area contributed by atoms with Crippen molar-refractivity contribution in [3.05, 3.63) is 70.5 Å². The van der Waals surface area contributed by atoms with Crippen LogP contribution in [0.15, 0.2) is 48.5 Å². The molecule has 2 atom stereocenters. The first-order chi connectivity index (χ1) is 10.0. The summed E-state index contributed by atoms with van der Waals surface area (Å²) in [6.45, 7) is 2.59. The average Bonchev–Trinajstić information content (AvgIpc) is 2.50. The number of nitrogens with two attached hydrogens (primary N) is 1. The average molecular weight is 307 g/mol. The van der Waals surface area contributed by atoms with Gasteiger partial charge in [0.05, 0.1) is 0 Å². The second-order valence-electron chi connectivity index (χ2n) is 5.20. The minimum Gasteiger partial charge on any atom is -0.329 e. The van der Waals surface area contributed by atoms with E-state index in [-0.39, 0.29) is 17.9 Å². The Morgan fingerprint density at radius 3 is 2.10 bits per heavy atom. The zero-order chi connectivity index (χ0) is 15.4.